The molecule has 0 saturated heterocycles. The van der Waals surface area contributed by atoms with Gasteiger partial charge in [0.2, 0.25) is 0 Å². The Kier molecular flexibility index (Phi) is 11.2. The third kappa shape index (κ3) is 9.20. The largest absolute Gasteiger partial charge is 0.580 e. The van der Waals surface area contributed by atoms with Gasteiger partial charge in [-0.1, -0.05) is 38.8 Å². The van der Waals surface area contributed by atoms with Crippen molar-refractivity contribution < 1.29 is 17.5 Å². The SMILES string of the molecule is CCCC[Si](C)(OCCCC[SiH](C)[Si]=O)O[Si]=O. The van der Waals surface area contributed by atoms with Crippen LogP contribution in [0.4, 0.5) is 0 Å². The molecule has 2 atom stereocenters. The van der Waals surface area contributed by atoms with E-state index in [9.17, 15) is 8.92 Å². The highest BCUT2D eigenvalue weighted by Gasteiger charge is 2.31. The molecule has 0 fully saturated rings. The Morgan fingerprint density at radius 1 is 1.22 bits per heavy atom. The van der Waals surface area contributed by atoms with Crippen LogP contribution in [0.1, 0.15) is 32.6 Å². The lowest BCUT2D eigenvalue weighted by atomic mass is 10.4. The van der Waals surface area contributed by atoms with Crippen molar-refractivity contribution in [2.45, 2.75) is 57.8 Å². The van der Waals surface area contributed by atoms with Gasteiger partial charge in [-0.25, -0.2) is 0 Å². The summed E-state index contributed by atoms with van der Waals surface area (Å²) in [5, 5.41) is 0. The van der Waals surface area contributed by atoms with Gasteiger partial charge in [-0.05, 0) is 13.0 Å². The molecule has 0 spiro atoms. The summed E-state index contributed by atoms with van der Waals surface area (Å²) in [6, 6.07) is 2.02. The van der Waals surface area contributed by atoms with Crippen molar-refractivity contribution in [1.29, 1.82) is 0 Å². The molecule has 104 valence electrons. The summed E-state index contributed by atoms with van der Waals surface area (Å²) in [6.07, 6.45) is 4.24. The van der Waals surface area contributed by atoms with E-state index in [4.69, 9.17) is 8.54 Å². The van der Waals surface area contributed by atoms with Crippen LogP contribution in [0.25, 0.3) is 0 Å². The van der Waals surface area contributed by atoms with E-state index in [1.54, 1.807) is 0 Å². The van der Waals surface area contributed by atoms with Crippen molar-refractivity contribution in [2.24, 2.45) is 0 Å². The van der Waals surface area contributed by atoms with Crippen molar-refractivity contribution >= 4 is 35.4 Å². The normalized spacial score (nSPS) is 15.7. The fourth-order valence-corrected chi connectivity index (χ4v) is 6.69. The van der Waals surface area contributed by atoms with Gasteiger partial charge >= 0.3 is 18.2 Å². The minimum atomic E-state index is -2.20. The Labute approximate surface area is 117 Å². The van der Waals surface area contributed by atoms with E-state index in [-0.39, 0.29) is 8.92 Å². The first-order valence-corrected chi connectivity index (χ1v) is 14.7. The van der Waals surface area contributed by atoms with Gasteiger partial charge in [0.25, 0.3) is 8.92 Å². The smallest absolute Gasteiger partial charge is 0.556 e. The first kappa shape index (κ1) is 18.2. The number of hydrogen-bond donors (Lipinski definition) is 0. The molecule has 0 aliphatic rings. The Morgan fingerprint density at radius 2 is 1.94 bits per heavy atom. The summed E-state index contributed by atoms with van der Waals surface area (Å²) in [7, 11) is -3.95. The van der Waals surface area contributed by atoms with Gasteiger partial charge < -0.3 is 17.5 Å². The van der Waals surface area contributed by atoms with Crippen molar-refractivity contribution in [3.63, 3.8) is 0 Å². The Morgan fingerprint density at radius 3 is 2.50 bits per heavy atom. The quantitative estimate of drug-likeness (QED) is 0.408. The number of unbranched alkanes of at least 4 members (excludes halogenated alkanes) is 2. The molecule has 0 heterocycles. The molecule has 0 aliphatic carbocycles. The molecule has 0 bridgehead atoms. The van der Waals surface area contributed by atoms with Crippen molar-refractivity contribution in [1.82, 2.24) is 0 Å². The van der Waals surface area contributed by atoms with Crippen molar-refractivity contribution in [2.75, 3.05) is 6.61 Å². The first-order valence-electron chi connectivity index (χ1n) is 6.64. The zero-order valence-corrected chi connectivity index (χ0v) is 15.8. The molecule has 4 nitrogen and oxygen atoms in total. The average Bonchev–Trinajstić information content (AvgIpc) is 2.36. The minimum Gasteiger partial charge on any atom is -0.556 e. The molecule has 0 aliphatic heterocycles. The van der Waals surface area contributed by atoms with Crippen LogP contribution in [0.2, 0.25) is 25.2 Å². The van der Waals surface area contributed by atoms with Gasteiger partial charge in [0.1, 0.15) is 0 Å². The van der Waals surface area contributed by atoms with E-state index >= 15 is 0 Å². The second kappa shape index (κ2) is 11.1. The lowest BCUT2D eigenvalue weighted by molar-refractivity contribution is 0.235. The predicted octanol–water partition coefficient (Wildman–Crippen LogP) is 2.04. The van der Waals surface area contributed by atoms with Crippen LogP contribution in [0, 0.1) is 0 Å². The van der Waals surface area contributed by atoms with Crippen LogP contribution < -0.4 is 0 Å². The average molecular weight is 321 g/mol. The second-order valence-corrected chi connectivity index (χ2v) is 15.1. The third-order valence-corrected chi connectivity index (χ3v) is 10.8. The molecule has 0 rings (SSSR count). The highest BCUT2D eigenvalue weighted by molar-refractivity contribution is 7.05. The lowest BCUT2D eigenvalue weighted by Gasteiger charge is -2.24. The molecule has 2 radical (unpaired) electrons. The Hall–Kier alpha value is 0.228. The standard InChI is InChI=1S/C10H24O4Si4/c1-4-5-10-18(3,14-15-11)13-8-6-7-9-17(2)16-12/h17H,4-10H2,1-3H3. The van der Waals surface area contributed by atoms with Gasteiger partial charge in [-0.3, -0.25) is 0 Å². The number of rotatable bonds is 12. The number of hydrogen-bond acceptors (Lipinski definition) is 4. The van der Waals surface area contributed by atoms with Gasteiger partial charge in [0.15, 0.2) is 0 Å². The summed E-state index contributed by atoms with van der Waals surface area (Å²) in [6.45, 7) is 6.93. The lowest BCUT2D eigenvalue weighted by Crippen LogP contribution is -2.39. The maximum Gasteiger partial charge on any atom is 0.580 e. The summed E-state index contributed by atoms with van der Waals surface area (Å²) in [5.41, 5.74) is 0. The summed E-state index contributed by atoms with van der Waals surface area (Å²) in [4.78, 5) is 0. The van der Waals surface area contributed by atoms with Crippen LogP contribution in [0.5, 0.6) is 0 Å². The molecule has 0 N–H and O–H groups in total. The molecule has 0 aromatic heterocycles. The maximum absolute atomic E-state index is 10.7. The first-order chi connectivity index (χ1) is 8.58. The Balaban J connectivity index is 3.82. The predicted molar refractivity (Wildman–Crippen MR) is 78.3 cm³/mol. The second-order valence-electron chi connectivity index (χ2n) is 4.79. The molecule has 8 heteroatoms. The molecule has 2 unspecified atom stereocenters. The van der Waals surface area contributed by atoms with E-state index in [1.807, 2.05) is 6.55 Å². The molecule has 0 aromatic rings. The van der Waals surface area contributed by atoms with Crippen LogP contribution in [0.3, 0.4) is 0 Å². The highest BCUT2D eigenvalue weighted by atomic mass is 29.2. The van der Waals surface area contributed by atoms with Crippen LogP contribution in [-0.4, -0.2) is 42.1 Å². The monoisotopic (exact) mass is 320 g/mol. The highest BCUT2D eigenvalue weighted by Crippen LogP contribution is 2.17. The van der Waals surface area contributed by atoms with Gasteiger partial charge in [-0.2, -0.15) is 0 Å². The van der Waals surface area contributed by atoms with Crippen molar-refractivity contribution in [3.8, 4) is 0 Å². The van der Waals surface area contributed by atoms with Crippen LogP contribution in [-0.2, 0) is 17.5 Å². The van der Waals surface area contributed by atoms with E-state index in [2.05, 4.69) is 13.5 Å². The molecular weight excluding hydrogens is 296 g/mol. The summed E-state index contributed by atoms with van der Waals surface area (Å²) in [5.74, 6) is 0. The molecule has 0 aromatic carbocycles. The van der Waals surface area contributed by atoms with E-state index < -0.39 is 26.5 Å². The van der Waals surface area contributed by atoms with Gasteiger partial charge in [0.05, 0.1) is 8.31 Å². The van der Waals surface area contributed by atoms with E-state index in [0.29, 0.717) is 6.61 Å². The Bertz CT molecular complexity index is 242. The fourth-order valence-electron chi connectivity index (χ4n) is 1.64. The third-order valence-electron chi connectivity index (χ3n) is 2.88. The van der Waals surface area contributed by atoms with Gasteiger partial charge in [-0.15, -0.1) is 0 Å². The van der Waals surface area contributed by atoms with E-state index in [0.717, 1.165) is 37.8 Å². The fraction of sp³-hybridized carbons (Fsp3) is 1.00. The maximum atomic E-state index is 10.7. The van der Waals surface area contributed by atoms with Crippen LogP contribution >= 0.6 is 0 Å². The van der Waals surface area contributed by atoms with Gasteiger partial charge in [0, 0.05) is 12.7 Å². The molecule has 18 heavy (non-hydrogen) atoms. The molecule has 0 saturated carbocycles. The molecular formula is C10H24O4Si4. The topological polar surface area (TPSA) is 52.6 Å². The zero-order valence-electron chi connectivity index (χ0n) is 11.7. The van der Waals surface area contributed by atoms with Crippen LogP contribution in [0.15, 0.2) is 0 Å². The zero-order chi connectivity index (χ0) is 13.9. The van der Waals surface area contributed by atoms with Crippen molar-refractivity contribution in [3.05, 3.63) is 0 Å². The molecule has 0 amide bonds. The summed E-state index contributed by atoms with van der Waals surface area (Å²) < 4.78 is 32.5. The summed E-state index contributed by atoms with van der Waals surface area (Å²) >= 11 is 0. The van der Waals surface area contributed by atoms with E-state index in [1.165, 1.54) is 0 Å². The minimum absolute atomic E-state index is 0.0757.